The molecular formula is C16H24N2O3. The molecule has 0 saturated heterocycles. The Kier molecular flexibility index (Phi) is 5.10. The molecule has 116 valence electrons. The van der Waals surface area contributed by atoms with Gasteiger partial charge in [0, 0.05) is 12.6 Å². The Hall–Kier alpha value is -1.91. The molecule has 0 saturated carbocycles. The Morgan fingerprint density at radius 3 is 2.33 bits per heavy atom. The molecule has 0 aliphatic heterocycles. The lowest BCUT2D eigenvalue weighted by molar-refractivity contribution is 0.0635. The fraction of sp³-hybridized carbons (Fsp3) is 0.562. The zero-order chi connectivity index (χ0) is 16.3. The number of pyridine rings is 1. The number of ether oxygens (including phenoxy) is 1. The van der Waals surface area contributed by atoms with Crippen LogP contribution in [0.25, 0.3) is 0 Å². The van der Waals surface area contributed by atoms with Crippen molar-refractivity contribution in [1.82, 2.24) is 4.98 Å². The molecule has 5 nitrogen and oxygen atoms in total. The molecule has 5 heteroatoms. The van der Waals surface area contributed by atoms with E-state index in [0.29, 0.717) is 12.0 Å². The minimum absolute atomic E-state index is 0.0540. The van der Waals surface area contributed by atoms with E-state index in [-0.39, 0.29) is 17.0 Å². The average molecular weight is 292 g/mol. The summed E-state index contributed by atoms with van der Waals surface area (Å²) in [6, 6.07) is 3.34. The fourth-order valence-electron chi connectivity index (χ4n) is 1.71. The molecule has 0 fully saturated rings. The molecule has 0 radical (unpaired) electrons. The quantitative estimate of drug-likeness (QED) is 0.853. The van der Waals surface area contributed by atoms with E-state index in [2.05, 4.69) is 10.3 Å². The van der Waals surface area contributed by atoms with Gasteiger partial charge in [-0.05, 0) is 38.3 Å². The predicted molar refractivity (Wildman–Crippen MR) is 82.5 cm³/mol. The number of carbonyl (C=O) groups is 2. The van der Waals surface area contributed by atoms with E-state index in [0.717, 1.165) is 0 Å². The van der Waals surface area contributed by atoms with Gasteiger partial charge in [-0.1, -0.05) is 20.8 Å². The molecule has 1 N–H and O–H groups in total. The van der Waals surface area contributed by atoms with E-state index in [9.17, 15) is 9.59 Å². The van der Waals surface area contributed by atoms with E-state index in [1.807, 2.05) is 20.8 Å². The number of hydrogen-bond acceptors (Lipinski definition) is 4. The zero-order valence-electron chi connectivity index (χ0n) is 13.6. The Bertz CT molecular complexity index is 525. The van der Waals surface area contributed by atoms with Crippen molar-refractivity contribution < 1.29 is 14.3 Å². The Morgan fingerprint density at radius 2 is 1.81 bits per heavy atom. The normalized spacial score (nSPS) is 11.9. The first-order valence-corrected chi connectivity index (χ1v) is 6.96. The first kappa shape index (κ1) is 17.1. The Morgan fingerprint density at radius 1 is 1.19 bits per heavy atom. The van der Waals surface area contributed by atoms with Crippen LogP contribution < -0.4 is 5.32 Å². The van der Waals surface area contributed by atoms with Gasteiger partial charge in [-0.2, -0.15) is 0 Å². The highest BCUT2D eigenvalue weighted by molar-refractivity contribution is 6.03. The lowest BCUT2D eigenvalue weighted by atomic mass is 9.88. The first-order chi connectivity index (χ1) is 9.48. The highest BCUT2D eigenvalue weighted by atomic mass is 16.6. The Balaban J connectivity index is 2.90. The van der Waals surface area contributed by atoms with E-state index >= 15 is 0 Å². The first-order valence-electron chi connectivity index (χ1n) is 6.96. The van der Waals surface area contributed by atoms with Gasteiger partial charge in [-0.3, -0.25) is 10.1 Å². The standard InChI is InChI=1S/C16H24N2O3/c1-15(2,3)10-12(19)11-8-7-9-17-13(11)18-14(20)21-16(4,5)6/h7-9H,10H2,1-6H3,(H,17,18,20). The summed E-state index contributed by atoms with van der Waals surface area (Å²) in [4.78, 5) is 28.2. The van der Waals surface area contributed by atoms with Crippen LogP contribution in [0.3, 0.4) is 0 Å². The molecule has 1 aromatic heterocycles. The van der Waals surface area contributed by atoms with Crippen LogP contribution in [-0.2, 0) is 4.74 Å². The van der Waals surface area contributed by atoms with E-state index in [1.165, 1.54) is 6.20 Å². The van der Waals surface area contributed by atoms with Crippen LogP contribution in [-0.4, -0.2) is 22.5 Å². The molecule has 0 unspecified atom stereocenters. The topological polar surface area (TPSA) is 68.3 Å². The number of anilines is 1. The summed E-state index contributed by atoms with van der Waals surface area (Å²) in [6.07, 6.45) is 1.29. The lowest BCUT2D eigenvalue weighted by Gasteiger charge is -2.20. The summed E-state index contributed by atoms with van der Waals surface area (Å²) in [5.41, 5.74) is -0.330. The van der Waals surface area contributed by atoms with Gasteiger partial charge in [-0.25, -0.2) is 9.78 Å². The van der Waals surface area contributed by atoms with Gasteiger partial charge in [0.05, 0.1) is 5.56 Å². The van der Waals surface area contributed by atoms with Gasteiger partial charge >= 0.3 is 6.09 Å². The number of hydrogen-bond donors (Lipinski definition) is 1. The molecule has 1 rings (SSSR count). The van der Waals surface area contributed by atoms with Crippen molar-refractivity contribution in [2.24, 2.45) is 5.41 Å². The van der Waals surface area contributed by atoms with E-state index in [1.54, 1.807) is 32.9 Å². The second kappa shape index (κ2) is 6.24. The Labute approximate surface area is 126 Å². The summed E-state index contributed by atoms with van der Waals surface area (Å²) in [5.74, 6) is 0.183. The van der Waals surface area contributed by atoms with Crippen molar-refractivity contribution in [3.05, 3.63) is 23.9 Å². The number of Topliss-reactive ketones (excluding diaryl/α,β-unsaturated/α-hetero) is 1. The molecule has 21 heavy (non-hydrogen) atoms. The number of aromatic nitrogens is 1. The zero-order valence-corrected chi connectivity index (χ0v) is 13.6. The highest BCUT2D eigenvalue weighted by Gasteiger charge is 2.22. The third kappa shape index (κ3) is 6.38. The smallest absolute Gasteiger partial charge is 0.413 e. The van der Waals surface area contributed by atoms with Crippen molar-refractivity contribution in [3.63, 3.8) is 0 Å². The van der Waals surface area contributed by atoms with Gasteiger partial charge in [0.15, 0.2) is 5.78 Å². The minimum atomic E-state index is -0.619. The maximum atomic E-state index is 12.3. The second-order valence-electron chi connectivity index (χ2n) is 7.19. The molecule has 1 aromatic rings. The molecule has 0 aliphatic carbocycles. The van der Waals surface area contributed by atoms with E-state index in [4.69, 9.17) is 4.74 Å². The van der Waals surface area contributed by atoms with Crippen LogP contribution in [0.1, 0.15) is 58.3 Å². The minimum Gasteiger partial charge on any atom is -0.444 e. The highest BCUT2D eigenvalue weighted by Crippen LogP contribution is 2.24. The van der Waals surface area contributed by atoms with Crippen LogP contribution in [0.4, 0.5) is 10.6 Å². The molecule has 0 spiro atoms. The number of ketones is 1. The largest absolute Gasteiger partial charge is 0.444 e. The summed E-state index contributed by atoms with van der Waals surface area (Å²) < 4.78 is 5.18. The van der Waals surface area contributed by atoms with Crippen LogP contribution >= 0.6 is 0 Å². The van der Waals surface area contributed by atoms with Gasteiger partial charge in [0.2, 0.25) is 0 Å². The predicted octanol–water partition coefficient (Wildman–Crippen LogP) is 4.05. The maximum absolute atomic E-state index is 12.3. The van der Waals surface area contributed by atoms with Crippen molar-refractivity contribution in [2.45, 2.75) is 53.6 Å². The van der Waals surface area contributed by atoms with Gasteiger partial charge < -0.3 is 4.74 Å². The molecule has 1 amide bonds. The van der Waals surface area contributed by atoms with Crippen LogP contribution in [0.5, 0.6) is 0 Å². The summed E-state index contributed by atoms with van der Waals surface area (Å²) >= 11 is 0. The molecule has 0 aliphatic rings. The van der Waals surface area contributed by atoms with Gasteiger partial charge in [0.1, 0.15) is 11.4 Å². The van der Waals surface area contributed by atoms with Gasteiger partial charge in [0.25, 0.3) is 0 Å². The fourth-order valence-corrected chi connectivity index (χ4v) is 1.71. The second-order valence-corrected chi connectivity index (χ2v) is 7.19. The molecule has 0 bridgehead atoms. The number of amides is 1. The number of rotatable bonds is 3. The maximum Gasteiger partial charge on any atom is 0.413 e. The molecule has 1 heterocycles. The summed E-state index contributed by atoms with van der Waals surface area (Å²) in [7, 11) is 0. The number of nitrogens with zero attached hydrogens (tertiary/aromatic N) is 1. The molecule has 0 atom stereocenters. The van der Waals surface area contributed by atoms with Crippen molar-refractivity contribution >= 4 is 17.7 Å². The monoisotopic (exact) mass is 292 g/mol. The summed E-state index contributed by atoms with van der Waals surface area (Å²) in [5, 5.41) is 2.54. The average Bonchev–Trinajstić information content (AvgIpc) is 2.24. The number of nitrogens with one attached hydrogen (secondary N) is 1. The molecule has 0 aromatic carbocycles. The summed E-state index contributed by atoms with van der Waals surface area (Å²) in [6.45, 7) is 11.3. The third-order valence-electron chi connectivity index (χ3n) is 2.42. The third-order valence-corrected chi connectivity index (χ3v) is 2.42. The van der Waals surface area contributed by atoms with Crippen LogP contribution in [0.15, 0.2) is 18.3 Å². The van der Waals surface area contributed by atoms with Crippen LogP contribution in [0, 0.1) is 5.41 Å². The van der Waals surface area contributed by atoms with E-state index < -0.39 is 11.7 Å². The van der Waals surface area contributed by atoms with Crippen molar-refractivity contribution in [2.75, 3.05) is 5.32 Å². The lowest BCUT2D eigenvalue weighted by Crippen LogP contribution is -2.28. The molecular weight excluding hydrogens is 268 g/mol. The van der Waals surface area contributed by atoms with Gasteiger partial charge in [-0.15, -0.1) is 0 Å². The van der Waals surface area contributed by atoms with Crippen molar-refractivity contribution in [3.8, 4) is 0 Å². The SMILES string of the molecule is CC(C)(C)CC(=O)c1cccnc1NC(=O)OC(C)(C)C. The number of carbonyl (C=O) groups excluding carboxylic acids is 2. The van der Waals surface area contributed by atoms with Crippen molar-refractivity contribution in [1.29, 1.82) is 0 Å². The van der Waals surface area contributed by atoms with Crippen LogP contribution in [0.2, 0.25) is 0 Å².